The molecule has 1 aromatic rings. The van der Waals surface area contributed by atoms with Crippen molar-refractivity contribution in [3.8, 4) is 0 Å². The number of imidazole rings is 1. The minimum absolute atomic E-state index is 0.317. The number of fused-ring (bicyclic) bond motifs is 1. The Morgan fingerprint density at radius 3 is 3.07 bits per heavy atom. The summed E-state index contributed by atoms with van der Waals surface area (Å²) >= 11 is 0. The molecule has 2 rings (SSSR count). The molecule has 5 heteroatoms. The van der Waals surface area contributed by atoms with E-state index in [0.29, 0.717) is 6.54 Å². The SMILES string of the molecule is NC(Cn1cnc2c1CCCC2)C(=O)O. The number of aromatic nitrogens is 2. The summed E-state index contributed by atoms with van der Waals surface area (Å²) in [5, 5.41) is 8.73. The lowest BCUT2D eigenvalue weighted by Gasteiger charge is -2.15. The molecule has 1 aliphatic rings. The molecule has 15 heavy (non-hydrogen) atoms. The maximum atomic E-state index is 10.6. The molecule has 1 atom stereocenters. The van der Waals surface area contributed by atoms with Crippen LogP contribution in [0.1, 0.15) is 24.2 Å². The number of carboxylic acids is 1. The molecule has 0 saturated heterocycles. The van der Waals surface area contributed by atoms with Crippen LogP contribution < -0.4 is 5.73 Å². The highest BCUT2D eigenvalue weighted by Crippen LogP contribution is 2.19. The molecule has 1 unspecified atom stereocenters. The number of rotatable bonds is 3. The van der Waals surface area contributed by atoms with E-state index >= 15 is 0 Å². The third-order valence-electron chi connectivity index (χ3n) is 2.82. The van der Waals surface area contributed by atoms with Crippen molar-refractivity contribution < 1.29 is 9.90 Å². The van der Waals surface area contributed by atoms with Gasteiger partial charge in [0.1, 0.15) is 6.04 Å². The summed E-state index contributed by atoms with van der Waals surface area (Å²) in [6, 6.07) is -0.842. The van der Waals surface area contributed by atoms with Crippen LogP contribution in [-0.2, 0) is 24.2 Å². The van der Waals surface area contributed by atoms with Gasteiger partial charge in [-0.2, -0.15) is 0 Å². The third-order valence-corrected chi connectivity index (χ3v) is 2.82. The van der Waals surface area contributed by atoms with Gasteiger partial charge in [-0.05, 0) is 25.7 Å². The first-order valence-electron chi connectivity index (χ1n) is 5.19. The lowest BCUT2D eigenvalue weighted by atomic mass is 10.0. The van der Waals surface area contributed by atoms with Crippen molar-refractivity contribution in [2.75, 3.05) is 0 Å². The van der Waals surface area contributed by atoms with E-state index in [1.54, 1.807) is 6.33 Å². The van der Waals surface area contributed by atoms with E-state index in [1.165, 1.54) is 6.42 Å². The molecule has 0 saturated carbocycles. The second kappa shape index (κ2) is 4.02. The molecule has 0 aromatic carbocycles. The molecule has 1 aromatic heterocycles. The maximum Gasteiger partial charge on any atom is 0.322 e. The first-order valence-corrected chi connectivity index (χ1v) is 5.19. The Bertz CT molecular complexity index is 373. The van der Waals surface area contributed by atoms with E-state index in [2.05, 4.69) is 4.98 Å². The first-order chi connectivity index (χ1) is 7.18. The van der Waals surface area contributed by atoms with Crippen LogP contribution in [0.5, 0.6) is 0 Å². The van der Waals surface area contributed by atoms with Crippen molar-refractivity contribution in [2.45, 2.75) is 38.3 Å². The number of nitrogens with two attached hydrogens (primary N) is 1. The van der Waals surface area contributed by atoms with Crippen LogP contribution in [0.15, 0.2) is 6.33 Å². The van der Waals surface area contributed by atoms with E-state index in [-0.39, 0.29) is 0 Å². The second-order valence-electron chi connectivity index (χ2n) is 3.94. The fourth-order valence-electron chi connectivity index (χ4n) is 1.98. The normalized spacial score (nSPS) is 17.1. The van der Waals surface area contributed by atoms with E-state index in [1.807, 2.05) is 4.57 Å². The molecule has 0 radical (unpaired) electrons. The summed E-state index contributed by atoms with van der Waals surface area (Å²) in [7, 11) is 0. The van der Waals surface area contributed by atoms with Crippen LogP contribution >= 0.6 is 0 Å². The molecule has 82 valence electrons. The predicted molar refractivity (Wildman–Crippen MR) is 54.5 cm³/mol. The van der Waals surface area contributed by atoms with Crippen molar-refractivity contribution in [1.29, 1.82) is 0 Å². The average molecular weight is 209 g/mol. The van der Waals surface area contributed by atoms with Gasteiger partial charge >= 0.3 is 5.97 Å². The summed E-state index contributed by atoms with van der Waals surface area (Å²) in [6.07, 6.45) is 6.03. The van der Waals surface area contributed by atoms with Crippen molar-refractivity contribution in [3.63, 3.8) is 0 Å². The van der Waals surface area contributed by atoms with Crippen LogP contribution in [0.25, 0.3) is 0 Å². The fraction of sp³-hybridized carbons (Fsp3) is 0.600. The molecule has 0 bridgehead atoms. The Morgan fingerprint density at radius 2 is 2.33 bits per heavy atom. The lowest BCUT2D eigenvalue weighted by molar-refractivity contribution is -0.138. The molecule has 1 heterocycles. The molecule has 0 amide bonds. The van der Waals surface area contributed by atoms with Gasteiger partial charge in [-0.1, -0.05) is 0 Å². The summed E-state index contributed by atoms with van der Waals surface area (Å²) in [5.41, 5.74) is 7.77. The molecule has 0 spiro atoms. The molecule has 3 N–H and O–H groups in total. The number of aliphatic carboxylic acids is 1. The number of nitrogens with zero attached hydrogens (tertiary/aromatic N) is 2. The van der Waals surface area contributed by atoms with Gasteiger partial charge in [0.2, 0.25) is 0 Å². The quantitative estimate of drug-likeness (QED) is 0.743. The van der Waals surface area contributed by atoms with Gasteiger partial charge in [0, 0.05) is 12.2 Å². The van der Waals surface area contributed by atoms with E-state index in [0.717, 1.165) is 30.7 Å². The van der Waals surface area contributed by atoms with E-state index in [4.69, 9.17) is 10.8 Å². The van der Waals surface area contributed by atoms with E-state index in [9.17, 15) is 4.79 Å². The van der Waals surface area contributed by atoms with Gasteiger partial charge < -0.3 is 15.4 Å². The first kappa shape index (κ1) is 10.2. The maximum absolute atomic E-state index is 10.6. The Kier molecular flexibility index (Phi) is 2.73. The van der Waals surface area contributed by atoms with Gasteiger partial charge in [0.15, 0.2) is 0 Å². The van der Waals surface area contributed by atoms with Crippen molar-refractivity contribution in [1.82, 2.24) is 9.55 Å². The van der Waals surface area contributed by atoms with Crippen molar-refractivity contribution >= 4 is 5.97 Å². The van der Waals surface area contributed by atoms with E-state index < -0.39 is 12.0 Å². The smallest absolute Gasteiger partial charge is 0.322 e. The van der Waals surface area contributed by atoms with Gasteiger partial charge in [0.25, 0.3) is 0 Å². The predicted octanol–water partition coefficient (Wildman–Crippen LogP) is 0.174. The zero-order valence-corrected chi connectivity index (χ0v) is 8.52. The van der Waals surface area contributed by atoms with Crippen LogP contribution in [0.4, 0.5) is 0 Å². The molecule has 0 aliphatic heterocycles. The molecule has 5 nitrogen and oxygen atoms in total. The van der Waals surface area contributed by atoms with Gasteiger partial charge in [-0.15, -0.1) is 0 Å². The Morgan fingerprint density at radius 1 is 1.60 bits per heavy atom. The summed E-state index contributed by atoms with van der Waals surface area (Å²) < 4.78 is 1.88. The fourth-order valence-corrected chi connectivity index (χ4v) is 1.98. The van der Waals surface area contributed by atoms with Gasteiger partial charge in [-0.3, -0.25) is 4.79 Å². The van der Waals surface area contributed by atoms with Gasteiger partial charge in [0.05, 0.1) is 12.0 Å². The largest absolute Gasteiger partial charge is 0.480 e. The van der Waals surface area contributed by atoms with Crippen LogP contribution in [0.3, 0.4) is 0 Å². The Hall–Kier alpha value is -1.36. The molecular weight excluding hydrogens is 194 g/mol. The minimum atomic E-state index is -0.965. The number of carboxylic acid groups (broad SMARTS) is 1. The Labute approximate surface area is 87.9 Å². The number of carbonyl (C=O) groups is 1. The van der Waals surface area contributed by atoms with Crippen molar-refractivity contribution in [2.24, 2.45) is 5.73 Å². The lowest BCUT2D eigenvalue weighted by Crippen LogP contribution is -2.35. The zero-order chi connectivity index (χ0) is 10.8. The number of hydrogen-bond donors (Lipinski definition) is 2. The highest BCUT2D eigenvalue weighted by Gasteiger charge is 2.18. The number of aryl methyl sites for hydroxylation is 1. The molecular formula is C10H15N3O2. The minimum Gasteiger partial charge on any atom is -0.480 e. The average Bonchev–Trinajstić information content (AvgIpc) is 2.62. The summed E-state index contributed by atoms with van der Waals surface area (Å²) in [4.78, 5) is 14.9. The molecule has 0 fully saturated rings. The van der Waals surface area contributed by atoms with Crippen LogP contribution in [0.2, 0.25) is 0 Å². The zero-order valence-electron chi connectivity index (χ0n) is 8.52. The highest BCUT2D eigenvalue weighted by atomic mass is 16.4. The summed E-state index contributed by atoms with van der Waals surface area (Å²) in [6.45, 7) is 0.317. The van der Waals surface area contributed by atoms with Gasteiger partial charge in [-0.25, -0.2) is 4.98 Å². The molecule has 1 aliphatic carbocycles. The van der Waals surface area contributed by atoms with Crippen molar-refractivity contribution in [3.05, 3.63) is 17.7 Å². The summed E-state index contributed by atoms with van der Waals surface area (Å²) in [5.74, 6) is -0.965. The van der Waals surface area contributed by atoms with Crippen LogP contribution in [0, 0.1) is 0 Å². The third kappa shape index (κ3) is 2.02. The van der Waals surface area contributed by atoms with Crippen LogP contribution in [-0.4, -0.2) is 26.7 Å². The second-order valence-corrected chi connectivity index (χ2v) is 3.94. The topological polar surface area (TPSA) is 81.1 Å². The standard InChI is InChI=1S/C10H15N3O2/c11-7(10(14)15)5-13-6-12-8-3-1-2-4-9(8)13/h6-7H,1-5,11H2,(H,14,15). The Balaban J connectivity index is 2.15. The monoisotopic (exact) mass is 209 g/mol. The number of hydrogen-bond acceptors (Lipinski definition) is 3. The highest BCUT2D eigenvalue weighted by molar-refractivity contribution is 5.72.